The quantitative estimate of drug-likeness (QED) is 0.161. The van der Waals surface area contributed by atoms with Gasteiger partial charge in [0.2, 0.25) is 0 Å². The van der Waals surface area contributed by atoms with Crippen molar-refractivity contribution in [3.05, 3.63) is 45.7 Å². The van der Waals surface area contributed by atoms with Crippen LogP contribution in [0.3, 0.4) is 0 Å². The minimum atomic E-state index is -2.39. The van der Waals surface area contributed by atoms with E-state index in [1.165, 1.54) is 37.1 Å². The van der Waals surface area contributed by atoms with E-state index in [2.05, 4.69) is 41.8 Å². The van der Waals surface area contributed by atoms with Gasteiger partial charge in [-0.1, -0.05) is 0 Å². The number of aryl methyl sites for hydroxylation is 2. The van der Waals surface area contributed by atoms with Gasteiger partial charge in [-0.25, -0.2) is 0 Å². The second-order valence-corrected chi connectivity index (χ2v) is 46.4. The molecule has 4 heterocycles. The first-order valence-electron chi connectivity index (χ1n) is 11.3. The summed E-state index contributed by atoms with van der Waals surface area (Å²) in [6.45, 7) is 3.72. The summed E-state index contributed by atoms with van der Waals surface area (Å²) in [4.78, 5) is 18.1. The van der Waals surface area contributed by atoms with Gasteiger partial charge in [0.25, 0.3) is 0 Å². The number of fused-ring (bicyclic) bond motifs is 2. The molecule has 0 unspecified atom stereocenters. The van der Waals surface area contributed by atoms with Crippen molar-refractivity contribution in [2.45, 2.75) is 43.5 Å². The van der Waals surface area contributed by atoms with E-state index in [0.29, 0.717) is 0 Å². The van der Waals surface area contributed by atoms with Crippen LogP contribution in [0.1, 0.15) is 9.75 Å². The Labute approximate surface area is 224 Å². The summed E-state index contributed by atoms with van der Waals surface area (Å²) in [5.41, 5.74) is 2.37. The third kappa shape index (κ3) is 4.36. The van der Waals surface area contributed by atoms with Gasteiger partial charge < -0.3 is 0 Å². The molecule has 1 aromatic carbocycles. The van der Waals surface area contributed by atoms with E-state index < -0.39 is 36.8 Å². The Kier molecular flexibility index (Phi) is 6.63. The number of benzene rings is 1. The van der Waals surface area contributed by atoms with Gasteiger partial charge in [-0.05, 0) is 0 Å². The van der Waals surface area contributed by atoms with Crippen LogP contribution < -0.4 is 5.79 Å². The van der Waals surface area contributed by atoms with Crippen molar-refractivity contribution in [3.63, 3.8) is 0 Å². The van der Waals surface area contributed by atoms with Crippen molar-refractivity contribution in [1.82, 2.24) is 0 Å². The predicted molar refractivity (Wildman–Crippen MR) is 159 cm³/mol. The summed E-state index contributed by atoms with van der Waals surface area (Å²) in [6, 6.07) is 8.25. The summed E-state index contributed by atoms with van der Waals surface area (Å²) >= 11 is 2.14. The normalized spacial score (nSPS) is 13.0. The molecule has 0 amide bonds. The van der Waals surface area contributed by atoms with Gasteiger partial charge in [0.05, 0.1) is 0 Å². The van der Waals surface area contributed by atoms with E-state index in [0.717, 1.165) is 19.5 Å². The van der Waals surface area contributed by atoms with Crippen LogP contribution in [-0.4, -0.2) is 36.8 Å². The fourth-order valence-electron chi connectivity index (χ4n) is 4.16. The standard InChI is InChI=1S/C20H10F2S4.6CH3.2Sn/c1-9-13(21)7-15(25-9)17-11-3-5-24-20(11)18(12-4-6-23-19(12)17)16-8-14(22)10(2)26-16;;;;;;;;/h3-4,7-8H,1-2H3;6*1H3;;. The first-order valence-corrected chi connectivity index (χ1v) is 34.6. The molecule has 0 N–H and O–H groups in total. The van der Waals surface area contributed by atoms with Gasteiger partial charge >= 0.3 is 227 Å². The van der Waals surface area contributed by atoms with Gasteiger partial charge in [0.15, 0.2) is 0 Å². The van der Waals surface area contributed by atoms with Crippen LogP contribution >= 0.6 is 45.3 Å². The Hall–Kier alpha value is -0.00260. The van der Waals surface area contributed by atoms with Crippen LogP contribution in [0.15, 0.2) is 24.3 Å². The fourth-order valence-corrected chi connectivity index (χ4v) is 19.1. The molecule has 178 valence electrons. The molecule has 0 fully saturated rings. The molecule has 8 heteroatoms. The molecule has 0 spiro atoms. The summed E-state index contributed by atoms with van der Waals surface area (Å²) in [6.07, 6.45) is 0. The zero-order valence-electron chi connectivity index (χ0n) is 20.7. The van der Waals surface area contributed by atoms with Gasteiger partial charge in [0, 0.05) is 0 Å². The average molecular weight is 744 g/mol. The summed E-state index contributed by atoms with van der Waals surface area (Å²) in [5.74, 6) is -0.253. The Morgan fingerprint density at radius 1 is 0.559 bits per heavy atom. The third-order valence-corrected chi connectivity index (χ3v) is 29.4. The summed E-state index contributed by atoms with van der Waals surface area (Å²) in [7, 11) is 0. The van der Waals surface area contributed by atoms with Crippen molar-refractivity contribution in [2.24, 2.45) is 0 Å². The van der Waals surface area contributed by atoms with Crippen LogP contribution in [-0.2, 0) is 0 Å². The van der Waals surface area contributed by atoms with E-state index in [4.69, 9.17) is 0 Å². The van der Waals surface area contributed by atoms with Gasteiger partial charge in [0.1, 0.15) is 0 Å². The number of rotatable bonds is 4. The average Bonchev–Trinajstić information content (AvgIpc) is 3.46. The molecule has 0 aliphatic carbocycles. The monoisotopic (exact) mass is 746 g/mol. The molecule has 0 saturated carbocycles. The van der Waals surface area contributed by atoms with Gasteiger partial charge in [-0.15, -0.1) is 0 Å². The topological polar surface area (TPSA) is 0 Å². The molecule has 0 nitrogen and oxygen atoms in total. The zero-order valence-corrected chi connectivity index (χ0v) is 29.7. The van der Waals surface area contributed by atoms with Gasteiger partial charge in [-0.2, -0.15) is 0 Å². The van der Waals surface area contributed by atoms with E-state index in [1.54, 1.807) is 34.8 Å². The van der Waals surface area contributed by atoms with Crippen LogP contribution in [0.5, 0.6) is 0 Å². The van der Waals surface area contributed by atoms with E-state index in [-0.39, 0.29) is 11.6 Å². The van der Waals surface area contributed by atoms with Crippen LogP contribution in [0.2, 0.25) is 29.6 Å². The molecule has 0 radical (unpaired) electrons. The molecular weight excluding hydrogens is 716 g/mol. The number of halogens is 2. The molecular formula is C26H28F2S4Sn2. The Bertz CT molecular complexity index is 1360. The third-order valence-electron chi connectivity index (χ3n) is 6.14. The maximum atomic E-state index is 14.6. The van der Waals surface area contributed by atoms with Crippen molar-refractivity contribution in [1.29, 1.82) is 0 Å². The number of hydrogen-bond acceptors (Lipinski definition) is 4. The molecule has 0 bridgehead atoms. The van der Waals surface area contributed by atoms with Gasteiger partial charge in [-0.3, -0.25) is 0 Å². The van der Waals surface area contributed by atoms with Crippen LogP contribution in [0, 0.1) is 25.5 Å². The molecule has 0 saturated heterocycles. The van der Waals surface area contributed by atoms with E-state index in [1.807, 2.05) is 36.5 Å². The van der Waals surface area contributed by atoms with Crippen LogP contribution in [0.4, 0.5) is 8.78 Å². The fraction of sp³-hybridized carbons (Fsp3) is 0.308. The van der Waals surface area contributed by atoms with E-state index >= 15 is 0 Å². The van der Waals surface area contributed by atoms with Crippen molar-refractivity contribution in [2.75, 3.05) is 0 Å². The molecule has 5 aromatic rings. The first-order chi connectivity index (χ1) is 15.8. The Morgan fingerprint density at radius 2 is 0.912 bits per heavy atom. The molecule has 0 atom stereocenters. The molecule has 0 aliphatic rings. The molecule has 34 heavy (non-hydrogen) atoms. The molecule has 4 aromatic heterocycles. The first kappa shape index (κ1) is 25.6. The second-order valence-electron chi connectivity index (χ2n) is 11.0. The molecule has 5 rings (SSSR count). The predicted octanol–water partition coefficient (Wildman–Crippen LogP) is 9.56. The zero-order chi connectivity index (χ0) is 24.7. The van der Waals surface area contributed by atoms with Crippen molar-refractivity contribution >= 4 is 108 Å². The van der Waals surface area contributed by atoms with Crippen LogP contribution in [0.25, 0.3) is 41.1 Å². The SMILES string of the molecule is Cc1sc(-c2c3c[c]([Sn]([CH3])([CH3])[CH3])sc3c(-c3cc(F)c(C)s3)c3c[c]([Sn]([CH3])([CH3])[CH3])sc23)cc1F. The second kappa shape index (κ2) is 8.79. The number of hydrogen-bond donors (Lipinski definition) is 0. The summed E-state index contributed by atoms with van der Waals surface area (Å²) < 4.78 is 34.7. The Balaban J connectivity index is 2.01. The minimum absolute atomic E-state index is 0.126. The van der Waals surface area contributed by atoms with E-state index in [9.17, 15) is 8.78 Å². The molecule has 0 aliphatic heterocycles. The van der Waals surface area contributed by atoms with Crippen molar-refractivity contribution < 1.29 is 8.78 Å². The van der Waals surface area contributed by atoms with Crippen molar-refractivity contribution in [3.8, 4) is 20.9 Å². The number of thiophene rings is 4. The Morgan fingerprint density at radius 3 is 1.18 bits per heavy atom. The summed E-state index contributed by atoms with van der Waals surface area (Å²) in [5, 5.41) is 2.44. The maximum absolute atomic E-state index is 14.6.